The van der Waals surface area contributed by atoms with Crippen LogP contribution in [0.15, 0.2) is 48.5 Å². The maximum Gasteiger partial charge on any atom is 0.251 e. The van der Waals surface area contributed by atoms with E-state index in [2.05, 4.69) is 29.4 Å². The van der Waals surface area contributed by atoms with Crippen LogP contribution in [0.3, 0.4) is 0 Å². The Balaban J connectivity index is 1.90. The summed E-state index contributed by atoms with van der Waals surface area (Å²) in [5.41, 5.74) is 9.22. The standard InChI is InChI=1S/C19H25N3O/c1-14-9-10-17(20)11-18(14)19(23)21-15(2)12-22(3)13-16-7-5-4-6-8-16/h4-11,15H,12-13,20H2,1-3H3,(H,21,23). The average molecular weight is 311 g/mol. The highest BCUT2D eigenvalue weighted by molar-refractivity contribution is 5.96. The Hall–Kier alpha value is -2.33. The zero-order valence-electron chi connectivity index (χ0n) is 14.0. The normalized spacial score (nSPS) is 12.2. The lowest BCUT2D eigenvalue weighted by molar-refractivity contribution is 0.0931. The van der Waals surface area contributed by atoms with Crippen LogP contribution in [0.25, 0.3) is 0 Å². The first kappa shape index (κ1) is 17.0. The number of rotatable bonds is 6. The van der Waals surface area contributed by atoms with Crippen molar-refractivity contribution < 1.29 is 4.79 Å². The molecule has 23 heavy (non-hydrogen) atoms. The summed E-state index contributed by atoms with van der Waals surface area (Å²) >= 11 is 0. The predicted molar refractivity (Wildman–Crippen MR) is 95.3 cm³/mol. The van der Waals surface area contributed by atoms with Gasteiger partial charge < -0.3 is 16.0 Å². The number of nitrogens with two attached hydrogens (primary N) is 1. The fourth-order valence-corrected chi connectivity index (χ4v) is 2.66. The van der Waals surface area contributed by atoms with Crippen LogP contribution in [0.1, 0.15) is 28.4 Å². The summed E-state index contributed by atoms with van der Waals surface area (Å²) in [5, 5.41) is 3.04. The van der Waals surface area contributed by atoms with E-state index in [0.29, 0.717) is 11.3 Å². The van der Waals surface area contributed by atoms with Gasteiger partial charge in [0, 0.05) is 30.4 Å². The number of amides is 1. The fourth-order valence-electron chi connectivity index (χ4n) is 2.66. The number of benzene rings is 2. The minimum Gasteiger partial charge on any atom is -0.399 e. The number of anilines is 1. The summed E-state index contributed by atoms with van der Waals surface area (Å²) in [6.07, 6.45) is 0. The minimum atomic E-state index is -0.0737. The molecule has 0 aliphatic carbocycles. The Morgan fingerprint density at radius 1 is 1.22 bits per heavy atom. The first-order valence-electron chi connectivity index (χ1n) is 7.85. The molecule has 122 valence electrons. The molecular formula is C19H25N3O. The van der Waals surface area contributed by atoms with Gasteiger partial charge in [0.2, 0.25) is 0 Å². The van der Waals surface area contributed by atoms with E-state index in [1.807, 2.05) is 44.2 Å². The van der Waals surface area contributed by atoms with Gasteiger partial charge in [-0.1, -0.05) is 36.4 Å². The lowest BCUT2D eigenvalue weighted by Gasteiger charge is -2.22. The summed E-state index contributed by atoms with van der Waals surface area (Å²) in [6.45, 7) is 5.57. The number of nitrogens with zero attached hydrogens (tertiary/aromatic N) is 1. The van der Waals surface area contributed by atoms with Gasteiger partial charge in [-0.15, -0.1) is 0 Å². The first-order valence-corrected chi connectivity index (χ1v) is 7.85. The largest absolute Gasteiger partial charge is 0.399 e. The number of likely N-dealkylation sites (N-methyl/N-ethyl adjacent to an activating group) is 1. The first-order chi connectivity index (χ1) is 11.0. The minimum absolute atomic E-state index is 0.0528. The molecule has 1 atom stereocenters. The Morgan fingerprint density at radius 2 is 1.91 bits per heavy atom. The average Bonchev–Trinajstić information content (AvgIpc) is 2.50. The third-order valence-electron chi connectivity index (χ3n) is 3.76. The van der Waals surface area contributed by atoms with Gasteiger partial charge in [0.25, 0.3) is 5.91 Å². The number of hydrogen-bond donors (Lipinski definition) is 2. The number of carbonyl (C=O) groups excluding carboxylic acids is 1. The van der Waals surface area contributed by atoms with E-state index in [1.54, 1.807) is 6.07 Å². The van der Waals surface area contributed by atoms with Crippen molar-refractivity contribution in [2.24, 2.45) is 0 Å². The third kappa shape index (κ3) is 5.11. The molecule has 4 nitrogen and oxygen atoms in total. The smallest absolute Gasteiger partial charge is 0.251 e. The van der Waals surface area contributed by atoms with E-state index in [4.69, 9.17) is 5.73 Å². The molecule has 1 amide bonds. The molecule has 1 unspecified atom stereocenters. The number of hydrogen-bond acceptors (Lipinski definition) is 3. The van der Waals surface area contributed by atoms with Crippen molar-refractivity contribution in [3.8, 4) is 0 Å². The Bertz CT molecular complexity index is 655. The van der Waals surface area contributed by atoms with Crippen LogP contribution in [0.4, 0.5) is 5.69 Å². The lowest BCUT2D eigenvalue weighted by atomic mass is 10.1. The Kier molecular flexibility index (Phi) is 5.77. The van der Waals surface area contributed by atoms with Crippen molar-refractivity contribution in [3.63, 3.8) is 0 Å². The van der Waals surface area contributed by atoms with Crippen molar-refractivity contribution in [3.05, 3.63) is 65.2 Å². The van der Waals surface area contributed by atoms with Crippen LogP contribution in [-0.4, -0.2) is 30.4 Å². The van der Waals surface area contributed by atoms with E-state index in [1.165, 1.54) is 5.56 Å². The molecule has 4 heteroatoms. The summed E-state index contributed by atoms with van der Waals surface area (Å²) in [5.74, 6) is -0.0737. The van der Waals surface area contributed by atoms with E-state index in [-0.39, 0.29) is 11.9 Å². The summed E-state index contributed by atoms with van der Waals surface area (Å²) in [7, 11) is 2.06. The molecule has 2 aromatic carbocycles. The van der Waals surface area contributed by atoms with Gasteiger partial charge in [-0.3, -0.25) is 4.79 Å². The molecule has 0 heterocycles. The maximum absolute atomic E-state index is 12.4. The molecule has 0 aromatic heterocycles. The SMILES string of the molecule is Cc1ccc(N)cc1C(=O)NC(C)CN(C)Cc1ccccc1. The van der Waals surface area contributed by atoms with Gasteiger partial charge in [0.1, 0.15) is 0 Å². The van der Waals surface area contributed by atoms with E-state index in [9.17, 15) is 4.79 Å². The number of nitrogens with one attached hydrogen (secondary N) is 1. The number of aryl methyl sites for hydroxylation is 1. The zero-order valence-corrected chi connectivity index (χ0v) is 14.0. The lowest BCUT2D eigenvalue weighted by Crippen LogP contribution is -2.40. The molecule has 0 fully saturated rings. The highest BCUT2D eigenvalue weighted by Crippen LogP contribution is 2.13. The molecule has 0 radical (unpaired) electrons. The molecule has 2 aromatic rings. The van der Waals surface area contributed by atoms with Gasteiger partial charge in [-0.05, 0) is 44.2 Å². The van der Waals surface area contributed by atoms with Crippen LogP contribution in [-0.2, 0) is 6.54 Å². The van der Waals surface area contributed by atoms with E-state index < -0.39 is 0 Å². The molecule has 0 saturated heterocycles. The zero-order chi connectivity index (χ0) is 16.8. The second kappa shape index (κ2) is 7.79. The van der Waals surface area contributed by atoms with Crippen molar-refractivity contribution in [2.45, 2.75) is 26.4 Å². The quantitative estimate of drug-likeness (QED) is 0.807. The molecule has 0 aliphatic rings. The van der Waals surface area contributed by atoms with Crippen LogP contribution < -0.4 is 11.1 Å². The van der Waals surface area contributed by atoms with Crippen LogP contribution in [0, 0.1) is 6.92 Å². The molecule has 0 bridgehead atoms. The highest BCUT2D eigenvalue weighted by atomic mass is 16.1. The molecule has 0 saturated carbocycles. The number of carbonyl (C=O) groups is 1. The second-order valence-corrected chi connectivity index (χ2v) is 6.13. The molecule has 0 aliphatic heterocycles. The Labute approximate surface area is 138 Å². The van der Waals surface area contributed by atoms with Crippen molar-refractivity contribution in [1.29, 1.82) is 0 Å². The van der Waals surface area contributed by atoms with Crippen molar-refractivity contribution in [2.75, 3.05) is 19.3 Å². The molecule has 0 spiro atoms. The van der Waals surface area contributed by atoms with Crippen LogP contribution in [0.5, 0.6) is 0 Å². The molecule has 3 N–H and O–H groups in total. The topological polar surface area (TPSA) is 58.4 Å². The van der Waals surface area contributed by atoms with Crippen molar-refractivity contribution in [1.82, 2.24) is 10.2 Å². The maximum atomic E-state index is 12.4. The highest BCUT2D eigenvalue weighted by Gasteiger charge is 2.14. The Morgan fingerprint density at radius 3 is 2.61 bits per heavy atom. The summed E-state index contributed by atoms with van der Waals surface area (Å²) in [4.78, 5) is 14.6. The summed E-state index contributed by atoms with van der Waals surface area (Å²) in [6, 6.07) is 15.8. The van der Waals surface area contributed by atoms with Gasteiger partial charge in [0.05, 0.1) is 0 Å². The van der Waals surface area contributed by atoms with E-state index >= 15 is 0 Å². The molecular weight excluding hydrogens is 286 g/mol. The van der Waals surface area contributed by atoms with Gasteiger partial charge in [-0.25, -0.2) is 0 Å². The van der Waals surface area contributed by atoms with Crippen LogP contribution >= 0.6 is 0 Å². The second-order valence-electron chi connectivity index (χ2n) is 6.13. The summed E-state index contributed by atoms with van der Waals surface area (Å²) < 4.78 is 0. The molecule has 2 rings (SSSR count). The van der Waals surface area contributed by atoms with E-state index in [0.717, 1.165) is 18.7 Å². The van der Waals surface area contributed by atoms with Crippen molar-refractivity contribution >= 4 is 11.6 Å². The van der Waals surface area contributed by atoms with Gasteiger partial charge in [-0.2, -0.15) is 0 Å². The van der Waals surface area contributed by atoms with Crippen LogP contribution in [0.2, 0.25) is 0 Å². The fraction of sp³-hybridized carbons (Fsp3) is 0.316. The third-order valence-corrected chi connectivity index (χ3v) is 3.76. The van der Waals surface area contributed by atoms with Gasteiger partial charge >= 0.3 is 0 Å². The number of nitrogen functional groups attached to an aromatic ring is 1. The predicted octanol–water partition coefficient (Wildman–Crippen LogP) is 2.83. The monoisotopic (exact) mass is 311 g/mol. The van der Waals surface area contributed by atoms with Gasteiger partial charge in [0.15, 0.2) is 0 Å².